The number of anilines is 1. The zero-order valence-corrected chi connectivity index (χ0v) is 13.4. The van der Waals surface area contributed by atoms with Gasteiger partial charge in [0.05, 0.1) is 6.42 Å². The summed E-state index contributed by atoms with van der Waals surface area (Å²) in [5.41, 5.74) is 2.67. The average Bonchev–Trinajstić information content (AvgIpc) is 3.06. The Morgan fingerprint density at radius 2 is 1.67 bits per heavy atom. The molecular formula is C19H19N3O2. The van der Waals surface area contributed by atoms with Crippen LogP contribution in [0.25, 0.3) is 11.0 Å². The Morgan fingerprint density at radius 1 is 0.958 bits per heavy atom. The lowest BCUT2D eigenvalue weighted by molar-refractivity contribution is -0.130. The number of fused-ring (bicyclic) bond motifs is 1. The van der Waals surface area contributed by atoms with E-state index in [1.54, 1.807) is 0 Å². The van der Waals surface area contributed by atoms with Gasteiger partial charge in [0.25, 0.3) is 0 Å². The third-order valence-electron chi connectivity index (χ3n) is 4.52. The molecule has 1 aromatic heterocycles. The topological polar surface area (TPSA) is 49.6 Å². The number of carbonyl (C=O) groups is 1. The molecule has 4 rings (SSSR count). The van der Waals surface area contributed by atoms with Gasteiger partial charge in [-0.3, -0.25) is 4.79 Å². The van der Waals surface area contributed by atoms with Crippen molar-refractivity contribution >= 4 is 22.6 Å². The third-order valence-corrected chi connectivity index (χ3v) is 4.52. The molecule has 2 heterocycles. The second kappa shape index (κ2) is 6.35. The molecule has 0 saturated carbocycles. The van der Waals surface area contributed by atoms with E-state index in [1.807, 2.05) is 47.4 Å². The second-order valence-electron chi connectivity index (χ2n) is 6.01. The van der Waals surface area contributed by atoms with Crippen LogP contribution in [0.15, 0.2) is 59.1 Å². The lowest BCUT2D eigenvalue weighted by atomic mass is 10.1. The van der Waals surface area contributed by atoms with Gasteiger partial charge >= 0.3 is 0 Å². The summed E-state index contributed by atoms with van der Waals surface area (Å²) < 4.78 is 5.28. The molecule has 0 spiro atoms. The Bertz CT molecular complexity index is 836. The van der Waals surface area contributed by atoms with Gasteiger partial charge in [-0.2, -0.15) is 0 Å². The molecule has 0 bridgehead atoms. The number of carbonyl (C=O) groups excluding carboxylic acids is 1. The van der Waals surface area contributed by atoms with E-state index in [1.165, 1.54) is 5.69 Å². The minimum Gasteiger partial charge on any atom is -0.368 e. The molecular weight excluding hydrogens is 302 g/mol. The Balaban J connectivity index is 1.40. The number of para-hydroxylation sites is 2. The van der Waals surface area contributed by atoms with Crippen molar-refractivity contribution in [2.75, 3.05) is 31.1 Å². The van der Waals surface area contributed by atoms with E-state index in [0.717, 1.165) is 42.8 Å². The largest absolute Gasteiger partial charge is 0.368 e. The number of nitrogens with zero attached hydrogens (tertiary/aromatic N) is 3. The highest BCUT2D eigenvalue weighted by molar-refractivity contribution is 5.86. The first kappa shape index (κ1) is 14.8. The van der Waals surface area contributed by atoms with Crippen molar-refractivity contribution in [1.82, 2.24) is 10.1 Å². The lowest BCUT2D eigenvalue weighted by Gasteiger charge is -2.36. The van der Waals surface area contributed by atoms with Crippen molar-refractivity contribution in [2.24, 2.45) is 0 Å². The Kier molecular flexibility index (Phi) is 3.91. The molecule has 1 aliphatic heterocycles. The molecule has 0 atom stereocenters. The third kappa shape index (κ3) is 2.85. The molecule has 1 aliphatic rings. The van der Waals surface area contributed by atoms with Gasteiger partial charge in [-0.15, -0.1) is 0 Å². The Morgan fingerprint density at radius 3 is 2.46 bits per heavy atom. The van der Waals surface area contributed by atoms with Gasteiger partial charge in [-0.1, -0.05) is 35.5 Å². The van der Waals surface area contributed by atoms with Crippen LogP contribution in [0.3, 0.4) is 0 Å². The van der Waals surface area contributed by atoms with Crippen LogP contribution in [-0.4, -0.2) is 42.1 Å². The van der Waals surface area contributed by atoms with E-state index in [2.05, 4.69) is 22.2 Å². The number of aromatic nitrogens is 1. The number of rotatable bonds is 3. The lowest BCUT2D eigenvalue weighted by Crippen LogP contribution is -2.49. The molecule has 0 N–H and O–H groups in total. The van der Waals surface area contributed by atoms with Gasteiger partial charge in [0, 0.05) is 37.3 Å². The molecule has 122 valence electrons. The number of benzene rings is 2. The highest BCUT2D eigenvalue weighted by Gasteiger charge is 2.22. The van der Waals surface area contributed by atoms with Crippen molar-refractivity contribution in [2.45, 2.75) is 6.42 Å². The summed E-state index contributed by atoms with van der Waals surface area (Å²) in [6.45, 7) is 3.19. The fraction of sp³-hybridized carbons (Fsp3) is 0.263. The highest BCUT2D eigenvalue weighted by Crippen LogP contribution is 2.20. The van der Waals surface area contributed by atoms with Crippen molar-refractivity contribution in [3.8, 4) is 0 Å². The van der Waals surface area contributed by atoms with Crippen LogP contribution in [0.4, 0.5) is 5.69 Å². The first-order valence-electron chi connectivity index (χ1n) is 8.22. The van der Waals surface area contributed by atoms with Crippen molar-refractivity contribution < 1.29 is 9.32 Å². The van der Waals surface area contributed by atoms with Crippen LogP contribution >= 0.6 is 0 Å². The fourth-order valence-corrected chi connectivity index (χ4v) is 3.17. The van der Waals surface area contributed by atoms with Crippen LogP contribution in [0.2, 0.25) is 0 Å². The fourth-order valence-electron chi connectivity index (χ4n) is 3.17. The summed E-state index contributed by atoms with van der Waals surface area (Å²) in [6.07, 6.45) is 0.294. The zero-order valence-electron chi connectivity index (χ0n) is 13.4. The van der Waals surface area contributed by atoms with Crippen LogP contribution < -0.4 is 4.90 Å². The minimum absolute atomic E-state index is 0.113. The molecule has 0 unspecified atom stereocenters. The number of hydrogen-bond acceptors (Lipinski definition) is 4. The molecule has 3 aromatic rings. The standard InChI is InChI=1S/C19H19N3O2/c23-19(14-17-16-8-4-5-9-18(16)24-20-17)22-12-10-21(11-13-22)15-6-2-1-3-7-15/h1-9H,10-14H2. The van der Waals surface area contributed by atoms with Crippen LogP contribution in [0, 0.1) is 0 Å². The minimum atomic E-state index is 0.113. The Hall–Kier alpha value is -2.82. The summed E-state index contributed by atoms with van der Waals surface area (Å²) in [5.74, 6) is 0.113. The number of hydrogen-bond donors (Lipinski definition) is 0. The predicted molar refractivity (Wildman–Crippen MR) is 92.9 cm³/mol. The van der Waals surface area contributed by atoms with E-state index in [0.29, 0.717) is 6.42 Å². The smallest absolute Gasteiger partial charge is 0.228 e. The van der Waals surface area contributed by atoms with E-state index in [4.69, 9.17) is 4.52 Å². The van der Waals surface area contributed by atoms with Crippen LogP contribution in [0.1, 0.15) is 5.69 Å². The molecule has 24 heavy (non-hydrogen) atoms. The highest BCUT2D eigenvalue weighted by atomic mass is 16.5. The monoisotopic (exact) mass is 321 g/mol. The van der Waals surface area contributed by atoms with Crippen LogP contribution in [-0.2, 0) is 11.2 Å². The summed E-state index contributed by atoms with van der Waals surface area (Å²) in [5, 5.41) is 4.98. The maximum atomic E-state index is 12.6. The van der Waals surface area contributed by atoms with Crippen molar-refractivity contribution in [3.05, 3.63) is 60.3 Å². The molecule has 0 radical (unpaired) electrons. The molecule has 0 aliphatic carbocycles. The normalized spacial score (nSPS) is 15.0. The summed E-state index contributed by atoms with van der Waals surface area (Å²) in [7, 11) is 0. The van der Waals surface area contributed by atoms with Gasteiger partial charge < -0.3 is 14.3 Å². The van der Waals surface area contributed by atoms with E-state index >= 15 is 0 Å². The maximum Gasteiger partial charge on any atom is 0.228 e. The molecule has 5 nitrogen and oxygen atoms in total. The van der Waals surface area contributed by atoms with Gasteiger partial charge in [0.1, 0.15) is 5.69 Å². The SMILES string of the molecule is O=C(Cc1noc2ccccc12)N1CCN(c2ccccc2)CC1. The summed E-state index contributed by atoms with van der Waals surface area (Å²) >= 11 is 0. The summed E-state index contributed by atoms with van der Waals surface area (Å²) in [4.78, 5) is 16.8. The second-order valence-corrected chi connectivity index (χ2v) is 6.01. The van der Waals surface area contributed by atoms with Gasteiger partial charge in [-0.05, 0) is 24.3 Å². The molecule has 1 saturated heterocycles. The van der Waals surface area contributed by atoms with E-state index < -0.39 is 0 Å². The molecule has 5 heteroatoms. The van der Waals surface area contributed by atoms with Crippen molar-refractivity contribution in [1.29, 1.82) is 0 Å². The average molecular weight is 321 g/mol. The van der Waals surface area contributed by atoms with Gasteiger partial charge in [0.2, 0.25) is 5.91 Å². The number of amides is 1. The number of piperazine rings is 1. The Labute approximate surface area is 140 Å². The quantitative estimate of drug-likeness (QED) is 0.744. The first-order valence-corrected chi connectivity index (χ1v) is 8.22. The maximum absolute atomic E-state index is 12.6. The first-order chi connectivity index (χ1) is 11.8. The molecule has 2 aromatic carbocycles. The summed E-state index contributed by atoms with van der Waals surface area (Å²) in [6, 6.07) is 18.0. The molecule has 1 amide bonds. The zero-order chi connectivity index (χ0) is 16.4. The van der Waals surface area contributed by atoms with Crippen LogP contribution in [0.5, 0.6) is 0 Å². The van der Waals surface area contributed by atoms with Gasteiger partial charge in [0.15, 0.2) is 5.58 Å². The van der Waals surface area contributed by atoms with Crippen molar-refractivity contribution in [3.63, 3.8) is 0 Å². The molecule has 1 fully saturated rings. The van der Waals surface area contributed by atoms with Gasteiger partial charge in [-0.25, -0.2) is 0 Å². The van der Waals surface area contributed by atoms with E-state index in [-0.39, 0.29) is 5.91 Å². The van der Waals surface area contributed by atoms with E-state index in [9.17, 15) is 4.79 Å². The predicted octanol–water partition coefficient (Wildman–Crippen LogP) is 2.72.